The number of unbranched alkanes of at least 4 members (excludes halogenated alkanes) is 5. The van der Waals surface area contributed by atoms with Gasteiger partial charge in [-0.3, -0.25) is 4.98 Å². The van der Waals surface area contributed by atoms with Crippen molar-refractivity contribution in [1.29, 1.82) is 0 Å². The zero-order valence-corrected chi connectivity index (χ0v) is 20.8. The van der Waals surface area contributed by atoms with E-state index in [-0.39, 0.29) is 0 Å². The molecule has 1 heterocycles. The van der Waals surface area contributed by atoms with Gasteiger partial charge in [-0.1, -0.05) is 71.6 Å². The summed E-state index contributed by atoms with van der Waals surface area (Å²) in [4.78, 5) is 4.75. The van der Waals surface area contributed by atoms with Crippen molar-refractivity contribution in [3.63, 3.8) is 0 Å². The van der Waals surface area contributed by atoms with Crippen LogP contribution in [0.3, 0.4) is 0 Å². The van der Waals surface area contributed by atoms with Gasteiger partial charge in [0.15, 0.2) is 0 Å². The van der Waals surface area contributed by atoms with Gasteiger partial charge in [0.05, 0.1) is 12.3 Å². The average Bonchev–Trinajstić information content (AvgIpc) is 2.80. The van der Waals surface area contributed by atoms with E-state index in [0.29, 0.717) is 6.10 Å². The molecule has 0 N–H and O–H groups in total. The smallest absolute Gasteiger partial charge is 0.138 e. The first-order valence-electron chi connectivity index (χ1n) is 13.8. The third-order valence-corrected chi connectivity index (χ3v) is 8.22. The van der Waals surface area contributed by atoms with Crippen LogP contribution in [0.15, 0.2) is 12.3 Å². The monoisotopic (exact) mass is 427 g/mol. The summed E-state index contributed by atoms with van der Waals surface area (Å²) in [5, 5.41) is 0. The van der Waals surface area contributed by atoms with Crippen LogP contribution in [0.5, 0.6) is 5.75 Å². The molecule has 0 amide bonds. The third-order valence-electron chi connectivity index (χ3n) is 8.22. The van der Waals surface area contributed by atoms with Crippen LogP contribution in [-0.2, 0) is 6.42 Å². The number of rotatable bonds is 12. The van der Waals surface area contributed by atoms with E-state index >= 15 is 0 Å². The Bertz CT molecular complexity index is 611. The van der Waals surface area contributed by atoms with Crippen molar-refractivity contribution in [2.45, 2.75) is 136 Å². The standard InChI is InChI=1S/C29H49NO/c1-4-6-8-9-10-12-29-23(3)21-28(22-30-29)31-27-19-17-26(18-20-27)25-15-13-24(14-16-25)11-7-5-2/h21-22,24-27H,4-20H2,1-3H3. The number of pyridine rings is 1. The fourth-order valence-corrected chi connectivity index (χ4v) is 6.11. The first-order chi connectivity index (χ1) is 15.2. The second-order valence-corrected chi connectivity index (χ2v) is 10.7. The van der Waals surface area contributed by atoms with Crippen molar-refractivity contribution in [3.05, 3.63) is 23.5 Å². The highest BCUT2D eigenvalue weighted by molar-refractivity contribution is 5.28. The van der Waals surface area contributed by atoms with Gasteiger partial charge in [-0.05, 0) is 87.7 Å². The molecule has 1 aromatic rings. The number of hydrogen-bond donors (Lipinski definition) is 0. The highest BCUT2D eigenvalue weighted by atomic mass is 16.5. The molecule has 0 spiro atoms. The van der Waals surface area contributed by atoms with Crippen LogP contribution in [0.4, 0.5) is 0 Å². The predicted octanol–water partition coefficient (Wildman–Crippen LogP) is 8.84. The molecule has 0 aromatic carbocycles. The van der Waals surface area contributed by atoms with Crippen molar-refractivity contribution >= 4 is 0 Å². The molecule has 0 unspecified atom stereocenters. The maximum atomic E-state index is 6.38. The van der Waals surface area contributed by atoms with Gasteiger partial charge in [0.1, 0.15) is 5.75 Å². The van der Waals surface area contributed by atoms with E-state index in [9.17, 15) is 0 Å². The molecule has 2 heteroatoms. The summed E-state index contributed by atoms with van der Waals surface area (Å²) in [6, 6.07) is 2.23. The molecule has 2 aliphatic rings. The fourth-order valence-electron chi connectivity index (χ4n) is 6.11. The van der Waals surface area contributed by atoms with Crippen molar-refractivity contribution in [3.8, 4) is 5.75 Å². The summed E-state index contributed by atoms with van der Waals surface area (Å²) < 4.78 is 6.38. The van der Waals surface area contributed by atoms with Gasteiger partial charge >= 0.3 is 0 Å². The van der Waals surface area contributed by atoms with Crippen LogP contribution in [-0.4, -0.2) is 11.1 Å². The normalized spacial score (nSPS) is 26.7. The highest BCUT2D eigenvalue weighted by Gasteiger charge is 2.31. The molecular weight excluding hydrogens is 378 g/mol. The van der Waals surface area contributed by atoms with Gasteiger partial charge in [-0.15, -0.1) is 0 Å². The van der Waals surface area contributed by atoms with Crippen molar-refractivity contribution < 1.29 is 4.74 Å². The maximum Gasteiger partial charge on any atom is 0.138 e. The topological polar surface area (TPSA) is 22.1 Å². The molecule has 0 aliphatic heterocycles. The molecule has 0 atom stereocenters. The minimum absolute atomic E-state index is 0.401. The van der Waals surface area contributed by atoms with Gasteiger partial charge in [-0.2, -0.15) is 0 Å². The summed E-state index contributed by atoms with van der Waals surface area (Å²) >= 11 is 0. The van der Waals surface area contributed by atoms with Gasteiger partial charge in [0.2, 0.25) is 0 Å². The Labute approximate surface area is 193 Å². The van der Waals surface area contributed by atoms with Gasteiger partial charge in [0, 0.05) is 5.69 Å². The summed E-state index contributed by atoms with van der Waals surface area (Å²) in [6.07, 6.45) is 25.6. The lowest BCUT2D eigenvalue weighted by molar-refractivity contribution is 0.0910. The summed E-state index contributed by atoms with van der Waals surface area (Å²) in [5.41, 5.74) is 2.57. The Kier molecular flexibility index (Phi) is 10.7. The van der Waals surface area contributed by atoms with Gasteiger partial charge in [-0.25, -0.2) is 0 Å². The zero-order valence-electron chi connectivity index (χ0n) is 20.8. The molecule has 0 saturated heterocycles. The molecule has 176 valence electrons. The molecule has 2 aliphatic carbocycles. The lowest BCUT2D eigenvalue weighted by atomic mass is 9.70. The van der Waals surface area contributed by atoms with Crippen molar-refractivity contribution in [2.24, 2.45) is 17.8 Å². The summed E-state index contributed by atoms with van der Waals surface area (Å²) in [6.45, 7) is 6.80. The Hall–Kier alpha value is -1.05. The molecule has 2 nitrogen and oxygen atoms in total. The largest absolute Gasteiger partial charge is 0.489 e. The molecular formula is C29H49NO. The number of aryl methyl sites for hydroxylation is 2. The van der Waals surface area contributed by atoms with E-state index in [1.807, 2.05) is 6.20 Å². The van der Waals surface area contributed by atoms with Crippen LogP contribution in [0.25, 0.3) is 0 Å². The lowest BCUT2D eigenvalue weighted by Gasteiger charge is -2.38. The summed E-state index contributed by atoms with van der Waals surface area (Å²) in [5.74, 6) is 3.99. The highest BCUT2D eigenvalue weighted by Crippen LogP contribution is 2.41. The first kappa shape index (κ1) is 24.6. The SMILES string of the molecule is CCCCCCCc1ncc(OC2CCC(C3CCC(CCCC)CC3)CC2)cc1C. The number of nitrogens with zero attached hydrogens (tertiary/aromatic N) is 1. The van der Waals surface area contributed by atoms with Crippen molar-refractivity contribution in [1.82, 2.24) is 4.98 Å². The van der Waals surface area contributed by atoms with E-state index < -0.39 is 0 Å². The van der Waals surface area contributed by atoms with Crippen LogP contribution in [0, 0.1) is 24.7 Å². The van der Waals surface area contributed by atoms with Crippen LogP contribution < -0.4 is 4.74 Å². The van der Waals surface area contributed by atoms with E-state index in [2.05, 4.69) is 26.8 Å². The van der Waals surface area contributed by atoms with Crippen molar-refractivity contribution in [2.75, 3.05) is 0 Å². The van der Waals surface area contributed by atoms with E-state index in [0.717, 1.165) is 29.9 Å². The Morgan fingerprint density at radius 1 is 0.806 bits per heavy atom. The maximum absolute atomic E-state index is 6.38. The van der Waals surface area contributed by atoms with E-state index in [4.69, 9.17) is 9.72 Å². The van der Waals surface area contributed by atoms with Crippen LogP contribution >= 0.6 is 0 Å². The Morgan fingerprint density at radius 3 is 2.10 bits per heavy atom. The second-order valence-electron chi connectivity index (χ2n) is 10.7. The number of hydrogen-bond acceptors (Lipinski definition) is 2. The van der Waals surface area contributed by atoms with Gasteiger partial charge < -0.3 is 4.74 Å². The fraction of sp³-hybridized carbons (Fsp3) is 0.828. The average molecular weight is 428 g/mol. The minimum Gasteiger partial charge on any atom is -0.489 e. The Morgan fingerprint density at radius 2 is 1.45 bits per heavy atom. The molecule has 0 bridgehead atoms. The molecule has 1 aromatic heterocycles. The quantitative estimate of drug-likeness (QED) is 0.311. The molecule has 2 saturated carbocycles. The molecule has 0 radical (unpaired) electrons. The third kappa shape index (κ3) is 8.10. The molecule has 31 heavy (non-hydrogen) atoms. The minimum atomic E-state index is 0.401. The summed E-state index contributed by atoms with van der Waals surface area (Å²) in [7, 11) is 0. The predicted molar refractivity (Wildman–Crippen MR) is 133 cm³/mol. The molecule has 3 rings (SSSR count). The number of ether oxygens (including phenoxy) is 1. The van der Waals surface area contributed by atoms with Crippen LogP contribution in [0.2, 0.25) is 0 Å². The lowest BCUT2D eigenvalue weighted by Crippen LogP contribution is -2.30. The zero-order chi connectivity index (χ0) is 21.9. The first-order valence-corrected chi connectivity index (χ1v) is 13.8. The second kappa shape index (κ2) is 13.5. The van der Waals surface area contributed by atoms with E-state index in [1.54, 1.807) is 0 Å². The Balaban J connectivity index is 1.36. The molecule has 2 fully saturated rings. The van der Waals surface area contributed by atoms with Crippen LogP contribution in [0.1, 0.15) is 128 Å². The number of aromatic nitrogens is 1. The van der Waals surface area contributed by atoms with Gasteiger partial charge in [0.25, 0.3) is 0 Å². The van der Waals surface area contributed by atoms with E-state index in [1.165, 1.54) is 114 Å².